The number of halogens is 1. The molecule has 0 bridgehead atoms. The van der Waals surface area contributed by atoms with Crippen LogP contribution in [0.1, 0.15) is 30.0 Å². The third-order valence-electron chi connectivity index (χ3n) is 6.71. The first-order valence-electron chi connectivity index (χ1n) is 12.4. The third-order valence-corrected chi connectivity index (χ3v) is 7.90. The van der Waals surface area contributed by atoms with Crippen LogP contribution in [-0.4, -0.2) is 64.3 Å². The van der Waals surface area contributed by atoms with Crippen molar-refractivity contribution >= 4 is 35.4 Å². The number of hydrogen-bond acceptors (Lipinski definition) is 7. The topological polar surface area (TPSA) is 92.2 Å². The van der Waals surface area contributed by atoms with Crippen molar-refractivity contribution in [3.63, 3.8) is 0 Å². The van der Waals surface area contributed by atoms with Gasteiger partial charge in [0, 0.05) is 41.8 Å². The summed E-state index contributed by atoms with van der Waals surface area (Å²) in [4.78, 5) is 33.1. The number of likely N-dealkylation sites (tertiary alicyclic amines) is 1. The van der Waals surface area contributed by atoms with Gasteiger partial charge in [-0.3, -0.25) is 9.80 Å². The molecule has 0 radical (unpaired) electrons. The molecule has 10 heteroatoms. The quantitative estimate of drug-likeness (QED) is 0.371. The molecule has 1 N–H and O–H groups in total. The molecular formula is C28H28ClN3O5S. The molecule has 2 aromatic carbocycles. The van der Waals surface area contributed by atoms with E-state index in [-0.39, 0.29) is 24.8 Å². The van der Waals surface area contributed by atoms with Crippen LogP contribution >= 0.6 is 23.4 Å². The van der Waals surface area contributed by atoms with Gasteiger partial charge in [0.15, 0.2) is 6.61 Å². The fourth-order valence-electron chi connectivity index (χ4n) is 4.85. The molecule has 2 fully saturated rings. The fourth-order valence-corrected chi connectivity index (χ4v) is 5.81. The fraction of sp³-hybridized carbons (Fsp3) is 0.321. The molecule has 2 aliphatic rings. The summed E-state index contributed by atoms with van der Waals surface area (Å²) in [7, 11) is 0. The highest BCUT2D eigenvalue weighted by molar-refractivity contribution is 7.99. The monoisotopic (exact) mass is 553 g/mol. The summed E-state index contributed by atoms with van der Waals surface area (Å²) < 4.78 is 10.6. The molecule has 2 aliphatic heterocycles. The first-order chi connectivity index (χ1) is 18.4. The molecule has 0 saturated carbocycles. The van der Waals surface area contributed by atoms with Gasteiger partial charge in [-0.05, 0) is 66.4 Å². The first-order valence-corrected chi connectivity index (χ1v) is 13.6. The van der Waals surface area contributed by atoms with E-state index >= 15 is 0 Å². The van der Waals surface area contributed by atoms with Crippen LogP contribution in [0.15, 0.2) is 76.8 Å². The molecule has 1 aromatic heterocycles. The van der Waals surface area contributed by atoms with E-state index in [1.165, 1.54) is 11.8 Å². The van der Waals surface area contributed by atoms with Crippen molar-refractivity contribution in [2.45, 2.75) is 41.4 Å². The summed E-state index contributed by atoms with van der Waals surface area (Å²) >= 11 is 7.72. The minimum absolute atomic E-state index is 0.0968. The minimum Gasteiger partial charge on any atom is -0.482 e. The summed E-state index contributed by atoms with van der Waals surface area (Å²) in [5.74, 6) is -0.485. The second-order valence-corrected chi connectivity index (χ2v) is 10.9. The van der Waals surface area contributed by atoms with Crippen molar-refractivity contribution in [1.29, 1.82) is 0 Å². The number of piperidine rings is 1. The van der Waals surface area contributed by atoms with Crippen molar-refractivity contribution in [2.24, 2.45) is 0 Å². The normalized spacial score (nSPS) is 18.4. The van der Waals surface area contributed by atoms with Gasteiger partial charge in [0.1, 0.15) is 17.4 Å². The lowest BCUT2D eigenvalue weighted by Gasteiger charge is -2.38. The predicted molar refractivity (Wildman–Crippen MR) is 144 cm³/mol. The van der Waals surface area contributed by atoms with Crippen LogP contribution in [0.25, 0.3) is 0 Å². The Morgan fingerprint density at radius 3 is 2.61 bits per heavy atom. The van der Waals surface area contributed by atoms with Gasteiger partial charge in [-0.2, -0.15) is 0 Å². The van der Waals surface area contributed by atoms with Crippen LogP contribution < -0.4 is 4.74 Å². The summed E-state index contributed by atoms with van der Waals surface area (Å²) in [6, 6.07) is 19.1. The molecule has 3 aromatic rings. The molecule has 8 nitrogen and oxygen atoms in total. The van der Waals surface area contributed by atoms with Crippen LogP contribution in [0.2, 0.25) is 5.02 Å². The summed E-state index contributed by atoms with van der Waals surface area (Å²) in [6.45, 7) is 2.59. The van der Waals surface area contributed by atoms with Crippen LogP contribution in [0, 0.1) is 0 Å². The Bertz CT molecular complexity index is 1270. The number of aliphatic carboxylic acids is 1. The van der Waals surface area contributed by atoms with Crippen LogP contribution in [0.5, 0.6) is 5.75 Å². The zero-order valence-corrected chi connectivity index (χ0v) is 22.2. The number of amides is 1. The molecule has 198 valence electrons. The number of carboxylic acids is 1. The number of carbonyl (C=O) groups is 2. The second kappa shape index (κ2) is 12.1. The van der Waals surface area contributed by atoms with Gasteiger partial charge in [-0.1, -0.05) is 41.6 Å². The van der Waals surface area contributed by atoms with Gasteiger partial charge in [-0.15, -0.1) is 0 Å². The highest BCUT2D eigenvalue weighted by atomic mass is 35.5. The Morgan fingerprint density at radius 1 is 1.13 bits per heavy atom. The number of benzene rings is 2. The molecule has 1 amide bonds. The van der Waals surface area contributed by atoms with E-state index < -0.39 is 5.97 Å². The van der Waals surface area contributed by atoms with Gasteiger partial charge in [0.2, 0.25) is 0 Å². The molecule has 2 saturated heterocycles. The molecular weight excluding hydrogens is 526 g/mol. The van der Waals surface area contributed by atoms with E-state index in [9.17, 15) is 9.59 Å². The standard InChI is InChI=1S/C28H28ClN3O5S/c29-21-3-1-2-20(14-21)25-17-37-28(35)32(25)22-10-12-31(13-11-22)16-19-4-9-26(30-15-19)38-24-7-5-23(6-8-24)36-18-27(33)34/h1-9,14-15,22,25H,10-13,16-18H2,(H,33,34)/t25-/m0/s1. The molecule has 5 rings (SSSR count). The Kier molecular flexibility index (Phi) is 8.36. The molecule has 1 atom stereocenters. The number of rotatable bonds is 9. The predicted octanol–water partition coefficient (Wildman–Crippen LogP) is 5.51. The van der Waals surface area contributed by atoms with Crippen molar-refractivity contribution in [2.75, 3.05) is 26.3 Å². The lowest BCUT2D eigenvalue weighted by Crippen LogP contribution is -2.46. The van der Waals surface area contributed by atoms with Gasteiger partial charge in [0.25, 0.3) is 0 Å². The van der Waals surface area contributed by atoms with Gasteiger partial charge < -0.3 is 14.6 Å². The third kappa shape index (κ3) is 6.59. The van der Waals surface area contributed by atoms with Crippen LogP contribution in [-0.2, 0) is 16.1 Å². The van der Waals surface area contributed by atoms with Crippen LogP contribution in [0.3, 0.4) is 0 Å². The van der Waals surface area contributed by atoms with Gasteiger partial charge >= 0.3 is 12.1 Å². The highest BCUT2D eigenvalue weighted by Gasteiger charge is 2.40. The Balaban J connectivity index is 1.12. The number of ether oxygens (including phenoxy) is 2. The van der Waals surface area contributed by atoms with Crippen LogP contribution in [0.4, 0.5) is 4.79 Å². The average Bonchev–Trinajstić information content (AvgIpc) is 3.31. The highest BCUT2D eigenvalue weighted by Crippen LogP contribution is 2.34. The number of aromatic nitrogens is 1. The van der Waals surface area contributed by atoms with Gasteiger partial charge in [-0.25, -0.2) is 14.6 Å². The largest absolute Gasteiger partial charge is 0.482 e. The van der Waals surface area contributed by atoms with E-state index in [0.717, 1.165) is 53.5 Å². The Hall–Kier alpha value is -3.27. The van der Waals surface area contributed by atoms with Crippen molar-refractivity contribution < 1.29 is 24.2 Å². The summed E-state index contributed by atoms with van der Waals surface area (Å²) in [5.41, 5.74) is 2.15. The van der Waals surface area contributed by atoms with E-state index in [2.05, 4.69) is 16.0 Å². The maximum Gasteiger partial charge on any atom is 0.410 e. The molecule has 0 spiro atoms. The number of carbonyl (C=O) groups excluding carboxylic acids is 1. The zero-order valence-electron chi connectivity index (χ0n) is 20.7. The smallest absolute Gasteiger partial charge is 0.410 e. The number of cyclic esters (lactones) is 1. The van der Waals surface area contributed by atoms with Crippen molar-refractivity contribution in [1.82, 2.24) is 14.8 Å². The lowest BCUT2D eigenvalue weighted by atomic mass is 9.99. The number of nitrogens with zero attached hydrogens (tertiary/aromatic N) is 3. The van der Waals surface area contributed by atoms with Crippen molar-refractivity contribution in [3.8, 4) is 5.75 Å². The van der Waals surface area contributed by atoms with E-state index in [0.29, 0.717) is 17.4 Å². The average molecular weight is 554 g/mol. The number of carboxylic acid groups (broad SMARTS) is 1. The number of hydrogen-bond donors (Lipinski definition) is 1. The first kappa shape index (κ1) is 26.3. The molecule has 0 aliphatic carbocycles. The maximum absolute atomic E-state index is 12.6. The van der Waals surface area contributed by atoms with E-state index in [1.54, 1.807) is 12.1 Å². The second-order valence-electron chi connectivity index (χ2n) is 9.32. The zero-order chi connectivity index (χ0) is 26.5. The van der Waals surface area contributed by atoms with E-state index in [1.807, 2.05) is 53.6 Å². The Labute approximate surface area is 230 Å². The van der Waals surface area contributed by atoms with Crippen molar-refractivity contribution in [3.05, 3.63) is 83.0 Å². The Morgan fingerprint density at radius 2 is 1.92 bits per heavy atom. The number of pyridine rings is 1. The molecule has 3 heterocycles. The summed E-state index contributed by atoms with van der Waals surface area (Å²) in [6.07, 6.45) is 3.44. The van der Waals surface area contributed by atoms with E-state index in [4.69, 9.17) is 26.2 Å². The minimum atomic E-state index is -1.00. The molecule has 38 heavy (non-hydrogen) atoms. The lowest BCUT2D eigenvalue weighted by molar-refractivity contribution is -0.139. The van der Waals surface area contributed by atoms with Gasteiger partial charge in [0.05, 0.1) is 6.04 Å². The summed E-state index contributed by atoms with van der Waals surface area (Å²) in [5, 5.41) is 10.3. The molecule has 0 unspecified atom stereocenters. The maximum atomic E-state index is 12.6. The SMILES string of the molecule is O=C(O)COc1ccc(Sc2ccc(CN3CCC(N4C(=O)OC[C@H]4c4cccc(Cl)c4)CC3)cn2)cc1.